The standard InChI is InChI=1S/C11H25NO/c1-4-8-12(9-5-2)10-7-11(13)6-3/h11,13H,4-10H2,1-3H3. The van der Waals surface area contributed by atoms with Crippen molar-refractivity contribution in [3.63, 3.8) is 0 Å². The molecule has 0 heterocycles. The van der Waals surface area contributed by atoms with E-state index < -0.39 is 0 Å². The van der Waals surface area contributed by atoms with Crippen LogP contribution in [0.2, 0.25) is 0 Å². The minimum Gasteiger partial charge on any atom is -0.393 e. The SMILES string of the molecule is CCCN(CCC)CCC(O)CC. The van der Waals surface area contributed by atoms with Crippen LogP contribution >= 0.6 is 0 Å². The van der Waals surface area contributed by atoms with Gasteiger partial charge in [-0.15, -0.1) is 0 Å². The van der Waals surface area contributed by atoms with Gasteiger partial charge in [0.1, 0.15) is 0 Å². The van der Waals surface area contributed by atoms with Crippen molar-refractivity contribution >= 4 is 0 Å². The Morgan fingerprint density at radius 1 is 1.00 bits per heavy atom. The zero-order valence-electron chi connectivity index (χ0n) is 9.42. The number of aliphatic hydroxyl groups excluding tert-OH is 1. The highest BCUT2D eigenvalue weighted by Crippen LogP contribution is 2.01. The fourth-order valence-electron chi connectivity index (χ4n) is 1.50. The topological polar surface area (TPSA) is 23.5 Å². The molecule has 0 saturated heterocycles. The molecule has 0 aromatic carbocycles. The smallest absolute Gasteiger partial charge is 0.0549 e. The molecule has 0 saturated carbocycles. The summed E-state index contributed by atoms with van der Waals surface area (Å²) in [5.41, 5.74) is 0. The van der Waals surface area contributed by atoms with Crippen molar-refractivity contribution in [2.45, 2.75) is 52.6 Å². The van der Waals surface area contributed by atoms with Crippen LogP contribution in [0, 0.1) is 0 Å². The number of aliphatic hydroxyl groups is 1. The highest BCUT2D eigenvalue weighted by molar-refractivity contribution is 4.60. The maximum Gasteiger partial charge on any atom is 0.0549 e. The van der Waals surface area contributed by atoms with E-state index in [1.807, 2.05) is 6.92 Å². The van der Waals surface area contributed by atoms with Crippen molar-refractivity contribution in [3.8, 4) is 0 Å². The molecule has 0 fully saturated rings. The predicted molar refractivity (Wildman–Crippen MR) is 57.9 cm³/mol. The lowest BCUT2D eigenvalue weighted by Crippen LogP contribution is -2.28. The monoisotopic (exact) mass is 187 g/mol. The molecule has 0 amide bonds. The van der Waals surface area contributed by atoms with Gasteiger partial charge in [0.15, 0.2) is 0 Å². The lowest BCUT2D eigenvalue weighted by Gasteiger charge is -2.21. The molecule has 0 spiro atoms. The van der Waals surface area contributed by atoms with Gasteiger partial charge in [-0.3, -0.25) is 0 Å². The van der Waals surface area contributed by atoms with Crippen molar-refractivity contribution in [2.75, 3.05) is 19.6 Å². The summed E-state index contributed by atoms with van der Waals surface area (Å²) in [6.45, 7) is 9.84. The maximum absolute atomic E-state index is 9.42. The van der Waals surface area contributed by atoms with Gasteiger partial charge >= 0.3 is 0 Å². The van der Waals surface area contributed by atoms with E-state index in [1.165, 1.54) is 25.9 Å². The summed E-state index contributed by atoms with van der Waals surface area (Å²) in [5, 5.41) is 9.42. The third kappa shape index (κ3) is 7.03. The van der Waals surface area contributed by atoms with Crippen LogP contribution in [0.3, 0.4) is 0 Å². The number of rotatable bonds is 8. The van der Waals surface area contributed by atoms with Gasteiger partial charge < -0.3 is 10.0 Å². The quantitative estimate of drug-likeness (QED) is 0.630. The second kappa shape index (κ2) is 8.52. The molecule has 2 heteroatoms. The average molecular weight is 187 g/mol. The van der Waals surface area contributed by atoms with Crippen molar-refractivity contribution in [1.29, 1.82) is 0 Å². The third-order valence-corrected chi connectivity index (χ3v) is 2.33. The van der Waals surface area contributed by atoms with Gasteiger partial charge in [0.25, 0.3) is 0 Å². The van der Waals surface area contributed by atoms with Crippen molar-refractivity contribution in [2.24, 2.45) is 0 Å². The maximum atomic E-state index is 9.42. The van der Waals surface area contributed by atoms with Gasteiger partial charge in [-0.25, -0.2) is 0 Å². The van der Waals surface area contributed by atoms with E-state index in [0.29, 0.717) is 0 Å². The predicted octanol–water partition coefficient (Wildman–Crippen LogP) is 2.27. The van der Waals surface area contributed by atoms with Crippen molar-refractivity contribution in [3.05, 3.63) is 0 Å². The Morgan fingerprint density at radius 3 is 1.92 bits per heavy atom. The zero-order valence-corrected chi connectivity index (χ0v) is 9.42. The van der Waals surface area contributed by atoms with Gasteiger partial charge in [-0.2, -0.15) is 0 Å². The molecule has 1 N–H and O–H groups in total. The Hall–Kier alpha value is -0.0800. The van der Waals surface area contributed by atoms with Crippen LogP contribution < -0.4 is 0 Å². The Labute approximate surface area is 82.9 Å². The van der Waals surface area contributed by atoms with Gasteiger partial charge in [-0.05, 0) is 38.8 Å². The van der Waals surface area contributed by atoms with E-state index in [0.717, 1.165) is 19.4 Å². The fraction of sp³-hybridized carbons (Fsp3) is 1.00. The molecule has 0 aliphatic heterocycles. The van der Waals surface area contributed by atoms with E-state index in [2.05, 4.69) is 18.7 Å². The second-order valence-corrected chi connectivity index (χ2v) is 3.69. The molecule has 1 atom stereocenters. The van der Waals surface area contributed by atoms with Gasteiger partial charge in [0.05, 0.1) is 6.10 Å². The summed E-state index contributed by atoms with van der Waals surface area (Å²) < 4.78 is 0. The first kappa shape index (κ1) is 12.9. The molecule has 0 aliphatic carbocycles. The Morgan fingerprint density at radius 2 is 1.54 bits per heavy atom. The average Bonchev–Trinajstić information content (AvgIpc) is 2.14. The Balaban J connectivity index is 3.55. The van der Waals surface area contributed by atoms with Crippen LogP contribution in [0.25, 0.3) is 0 Å². The second-order valence-electron chi connectivity index (χ2n) is 3.69. The van der Waals surface area contributed by atoms with E-state index >= 15 is 0 Å². The van der Waals surface area contributed by atoms with Gasteiger partial charge in [-0.1, -0.05) is 20.8 Å². The number of hydrogen-bond donors (Lipinski definition) is 1. The Bertz CT molecular complexity index is 100. The van der Waals surface area contributed by atoms with E-state index in [9.17, 15) is 5.11 Å². The summed E-state index contributed by atoms with van der Waals surface area (Å²) in [6.07, 6.45) is 4.13. The van der Waals surface area contributed by atoms with Crippen LogP contribution in [0.1, 0.15) is 46.5 Å². The lowest BCUT2D eigenvalue weighted by atomic mass is 10.2. The first-order valence-corrected chi connectivity index (χ1v) is 5.64. The highest BCUT2D eigenvalue weighted by Gasteiger charge is 2.05. The zero-order chi connectivity index (χ0) is 10.1. The molecule has 0 bridgehead atoms. The summed E-state index contributed by atoms with van der Waals surface area (Å²) in [4.78, 5) is 2.44. The van der Waals surface area contributed by atoms with Crippen molar-refractivity contribution in [1.82, 2.24) is 4.90 Å². The molecular formula is C11H25NO. The molecular weight excluding hydrogens is 162 g/mol. The van der Waals surface area contributed by atoms with Gasteiger partial charge in [0, 0.05) is 6.54 Å². The third-order valence-electron chi connectivity index (χ3n) is 2.33. The molecule has 2 nitrogen and oxygen atoms in total. The van der Waals surface area contributed by atoms with E-state index in [-0.39, 0.29) is 6.10 Å². The van der Waals surface area contributed by atoms with E-state index in [4.69, 9.17) is 0 Å². The molecule has 0 aromatic heterocycles. The van der Waals surface area contributed by atoms with Crippen molar-refractivity contribution < 1.29 is 5.11 Å². The van der Waals surface area contributed by atoms with Crippen LogP contribution in [0.15, 0.2) is 0 Å². The first-order chi connectivity index (χ1) is 6.24. The summed E-state index contributed by atoms with van der Waals surface area (Å²) in [6, 6.07) is 0. The molecule has 0 radical (unpaired) electrons. The van der Waals surface area contributed by atoms with E-state index in [1.54, 1.807) is 0 Å². The molecule has 0 aromatic rings. The van der Waals surface area contributed by atoms with Crippen LogP contribution in [-0.2, 0) is 0 Å². The number of nitrogens with zero attached hydrogens (tertiary/aromatic N) is 1. The molecule has 1 unspecified atom stereocenters. The largest absolute Gasteiger partial charge is 0.393 e. The molecule has 13 heavy (non-hydrogen) atoms. The van der Waals surface area contributed by atoms with Crippen LogP contribution in [0.4, 0.5) is 0 Å². The van der Waals surface area contributed by atoms with Crippen LogP contribution in [0.5, 0.6) is 0 Å². The minimum absolute atomic E-state index is 0.101. The highest BCUT2D eigenvalue weighted by atomic mass is 16.3. The Kier molecular flexibility index (Phi) is 8.46. The molecule has 80 valence electrons. The minimum atomic E-state index is -0.101. The van der Waals surface area contributed by atoms with Crippen LogP contribution in [-0.4, -0.2) is 35.7 Å². The number of hydrogen-bond acceptors (Lipinski definition) is 2. The fourth-order valence-corrected chi connectivity index (χ4v) is 1.50. The summed E-state index contributed by atoms with van der Waals surface area (Å²) >= 11 is 0. The molecule has 0 aliphatic rings. The molecule has 0 rings (SSSR count). The summed E-state index contributed by atoms with van der Waals surface area (Å²) in [7, 11) is 0. The first-order valence-electron chi connectivity index (χ1n) is 5.64. The summed E-state index contributed by atoms with van der Waals surface area (Å²) in [5.74, 6) is 0. The normalized spacial score (nSPS) is 13.6. The lowest BCUT2D eigenvalue weighted by molar-refractivity contribution is 0.136. The van der Waals surface area contributed by atoms with Gasteiger partial charge in [0.2, 0.25) is 0 Å².